The normalized spacial score (nSPS) is 10.5. The summed E-state index contributed by atoms with van der Waals surface area (Å²) in [6, 6.07) is 17.5. The highest BCUT2D eigenvalue weighted by Crippen LogP contribution is 2.22. The Morgan fingerprint density at radius 2 is 1.65 bits per heavy atom. The molecule has 0 saturated carbocycles. The van der Waals surface area contributed by atoms with Gasteiger partial charge in [-0.3, -0.25) is 4.79 Å². The van der Waals surface area contributed by atoms with E-state index in [4.69, 9.17) is 16.7 Å². The minimum atomic E-state index is -1.11. The van der Waals surface area contributed by atoms with Crippen LogP contribution in [-0.2, 0) is 0 Å². The fraction of sp³-hybridized carbons (Fsp3) is 0. The molecule has 0 aliphatic carbocycles. The molecule has 3 aromatic rings. The van der Waals surface area contributed by atoms with Crippen molar-refractivity contribution in [1.29, 1.82) is 0 Å². The molecule has 0 heterocycles. The van der Waals surface area contributed by atoms with Crippen LogP contribution in [-0.4, -0.2) is 17.0 Å². The van der Waals surface area contributed by atoms with Crippen LogP contribution in [0.4, 0.5) is 5.69 Å². The number of rotatable bonds is 3. The third kappa shape index (κ3) is 3.17. The zero-order valence-electron chi connectivity index (χ0n) is 11.9. The number of carboxylic acid groups (broad SMARTS) is 1. The average molecular weight is 326 g/mol. The molecule has 0 aliphatic rings. The van der Waals surface area contributed by atoms with Gasteiger partial charge in [0, 0.05) is 11.3 Å². The lowest BCUT2D eigenvalue weighted by Crippen LogP contribution is -2.12. The topological polar surface area (TPSA) is 66.4 Å². The number of carboxylic acids is 1. The number of carbonyl (C=O) groups excluding carboxylic acids is 1. The van der Waals surface area contributed by atoms with Gasteiger partial charge >= 0.3 is 5.97 Å². The van der Waals surface area contributed by atoms with Crippen LogP contribution < -0.4 is 5.32 Å². The van der Waals surface area contributed by atoms with Crippen LogP contribution in [0.3, 0.4) is 0 Å². The number of carbonyl (C=O) groups is 2. The number of fused-ring (bicyclic) bond motifs is 1. The molecule has 0 spiro atoms. The lowest BCUT2D eigenvalue weighted by atomic mass is 10.1. The van der Waals surface area contributed by atoms with E-state index in [2.05, 4.69) is 5.32 Å². The van der Waals surface area contributed by atoms with Crippen molar-refractivity contribution < 1.29 is 14.7 Å². The second kappa shape index (κ2) is 6.10. The van der Waals surface area contributed by atoms with Gasteiger partial charge in [0.1, 0.15) is 0 Å². The van der Waals surface area contributed by atoms with Crippen LogP contribution in [0.2, 0.25) is 5.02 Å². The van der Waals surface area contributed by atoms with Gasteiger partial charge in [-0.05, 0) is 41.1 Å². The maximum absolute atomic E-state index is 12.3. The van der Waals surface area contributed by atoms with E-state index < -0.39 is 5.97 Å². The Bertz CT molecular complexity index is 921. The van der Waals surface area contributed by atoms with Gasteiger partial charge in [0.15, 0.2) is 0 Å². The van der Waals surface area contributed by atoms with Gasteiger partial charge in [-0.2, -0.15) is 0 Å². The summed E-state index contributed by atoms with van der Waals surface area (Å²) in [5.74, 6) is -1.39. The fourth-order valence-corrected chi connectivity index (χ4v) is 2.56. The van der Waals surface area contributed by atoms with Crippen molar-refractivity contribution in [3.8, 4) is 0 Å². The van der Waals surface area contributed by atoms with Gasteiger partial charge in [0.05, 0.1) is 10.6 Å². The first-order valence-corrected chi connectivity index (χ1v) is 7.25. The van der Waals surface area contributed by atoms with Crippen LogP contribution in [0.15, 0.2) is 60.7 Å². The summed E-state index contributed by atoms with van der Waals surface area (Å²) in [4.78, 5) is 23.2. The molecule has 0 aromatic heterocycles. The van der Waals surface area contributed by atoms with Crippen molar-refractivity contribution in [2.75, 3.05) is 5.32 Å². The van der Waals surface area contributed by atoms with Crippen molar-refractivity contribution in [2.45, 2.75) is 0 Å². The summed E-state index contributed by atoms with van der Waals surface area (Å²) >= 11 is 5.90. The Hall–Kier alpha value is -2.85. The number of aromatic carboxylic acids is 1. The zero-order chi connectivity index (χ0) is 16.4. The minimum absolute atomic E-state index is 0.00429. The fourth-order valence-electron chi connectivity index (χ4n) is 2.30. The zero-order valence-corrected chi connectivity index (χ0v) is 12.7. The summed E-state index contributed by atoms with van der Waals surface area (Å²) in [7, 11) is 0. The Balaban J connectivity index is 1.85. The highest BCUT2D eigenvalue weighted by atomic mass is 35.5. The summed E-state index contributed by atoms with van der Waals surface area (Å²) < 4.78 is 0. The molecular weight excluding hydrogens is 314 g/mol. The molecule has 0 fully saturated rings. The lowest BCUT2D eigenvalue weighted by Gasteiger charge is -2.08. The number of hydrogen-bond acceptors (Lipinski definition) is 2. The third-order valence-electron chi connectivity index (χ3n) is 3.47. The van der Waals surface area contributed by atoms with E-state index >= 15 is 0 Å². The van der Waals surface area contributed by atoms with Gasteiger partial charge in [-0.15, -0.1) is 0 Å². The Labute approximate surface area is 137 Å². The summed E-state index contributed by atoms with van der Waals surface area (Å²) in [5.41, 5.74) is 0.954. The quantitative estimate of drug-likeness (QED) is 0.748. The molecule has 1 amide bonds. The Morgan fingerprint density at radius 3 is 2.35 bits per heavy atom. The van der Waals surface area contributed by atoms with Crippen molar-refractivity contribution in [1.82, 2.24) is 0 Å². The number of benzene rings is 3. The number of hydrogen-bond donors (Lipinski definition) is 2. The van der Waals surface area contributed by atoms with Gasteiger partial charge in [-0.25, -0.2) is 4.79 Å². The van der Waals surface area contributed by atoms with E-state index in [1.165, 1.54) is 18.2 Å². The standard InChI is InChI=1S/C18H12ClNO3/c19-16-10-14(7-8-15(16)18(22)23)20-17(21)13-6-5-11-3-1-2-4-12(11)9-13/h1-10H,(H,20,21)(H,22,23). The second-order valence-corrected chi connectivity index (χ2v) is 5.42. The molecule has 4 nitrogen and oxygen atoms in total. The highest BCUT2D eigenvalue weighted by Gasteiger charge is 2.11. The molecule has 0 saturated heterocycles. The number of halogens is 1. The minimum Gasteiger partial charge on any atom is -0.478 e. The molecule has 0 radical (unpaired) electrons. The van der Waals surface area contributed by atoms with E-state index in [0.717, 1.165) is 10.8 Å². The lowest BCUT2D eigenvalue weighted by molar-refractivity contribution is 0.0697. The first-order chi connectivity index (χ1) is 11.0. The second-order valence-electron chi connectivity index (χ2n) is 5.02. The molecule has 0 unspecified atom stereocenters. The SMILES string of the molecule is O=C(Nc1ccc(C(=O)O)c(Cl)c1)c1ccc2ccccc2c1. The molecular formula is C18H12ClNO3. The smallest absolute Gasteiger partial charge is 0.337 e. The van der Waals surface area contributed by atoms with E-state index in [1.54, 1.807) is 12.1 Å². The van der Waals surface area contributed by atoms with Gasteiger partial charge < -0.3 is 10.4 Å². The Morgan fingerprint density at radius 1 is 0.913 bits per heavy atom. The molecule has 3 aromatic carbocycles. The van der Waals surface area contributed by atoms with Gasteiger partial charge in [0.2, 0.25) is 0 Å². The molecule has 114 valence electrons. The van der Waals surface area contributed by atoms with Crippen LogP contribution in [0.1, 0.15) is 20.7 Å². The molecule has 3 rings (SSSR count). The maximum Gasteiger partial charge on any atom is 0.337 e. The van der Waals surface area contributed by atoms with Crippen molar-refractivity contribution in [3.05, 3.63) is 76.8 Å². The van der Waals surface area contributed by atoms with Gasteiger partial charge in [0.25, 0.3) is 5.91 Å². The Kier molecular flexibility index (Phi) is 4.00. The number of nitrogens with one attached hydrogen (secondary N) is 1. The van der Waals surface area contributed by atoms with E-state index in [0.29, 0.717) is 11.3 Å². The predicted molar refractivity (Wildman–Crippen MR) is 90.3 cm³/mol. The first kappa shape index (κ1) is 15.1. The van der Waals surface area contributed by atoms with Crippen LogP contribution in [0, 0.1) is 0 Å². The van der Waals surface area contributed by atoms with E-state index in [1.807, 2.05) is 30.3 Å². The summed E-state index contributed by atoms with van der Waals surface area (Å²) in [6.07, 6.45) is 0. The van der Waals surface area contributed by atoms with Crippen LogP contribution in [0.5, 0.6) is 0 Å². The molecule has 0 bridgehead atoms. The average Bonchev–Trinajstić information content (AvgIpc) is 2.54. The molecule has 2 N–H and O–H groups in total. The van der Waals surface area contributed by atoms with E-state index in [-0.39, 0.29) is 16.5 Å². The third-order valence-corrected chi connectivity index (χ3v) is 3.78. The van der Waals surface area contributed by atoms with Crippen LogP contribution in [0.25, 0.3) is 10.8 Å². The van der Waals surface area contributed by atoms with Crippen molar-refractivity contribution >= 4 is 39.9 Å². The number of amides is 1. The summed E-state index contributed by atoms with van der Waals surface area (Å²) in [5, 5.41) is 13.8. The first-order valence-electron chi connectivity index (χ1n) is 6.87. The molecule has 0 aliphatic heterocycles. The van der Waals surface area contributed by atoms with Crippen molar-refractivity contribution in [3.63, 3.8) is 0 Å². The van der Waals surface area contributed by atoms with Gasteiger partial charge in [-0.1, -0.05) is 41.9 Å². The predicted octanol–water partition coefficient (Wildman–Crippen LogP) is 4.44. The monoisotopic (exact) mass is 325 g/mol. The largest absolute Gasteiger partial charge is 0.478 e. The van der Waals surface area contributed by atoms with Crippen molar-refractivity contribution in [2.24, 2.45) is 0 Å². The molecule has 5 heteroatoms. The summed E-state index contributed by atoms with van der Waals surface area (Å²) in [6.45, 7) is 0. The molecule has 23 heavy (non-hydrogen) atoms. The van der Waals surface area contributed by atoms with Crippen LogP contribution >= 0.6 is 11.6 Å². The molecule has 0 atom stereocenters. The van der Waals surface area contributed by atoms with E-state index in [9.17, 15) is 9.59 Å². The highest BCUT2D eigenvalue weighted by molar-refractivity contribution is 6.33. The maximum atomic E-state index is 12.3. The number of anilines is 1.